The Hall–Kier alpha value is -2.10. The molecule has 0 N–H and O–H groups in total. The summed E-state index contributed by atoms with van der Waals surface area (Å²) in [5, 5.41) is 0.868. The minimum atomic E-state index is -0.300. The van der Waals surface area contributed by atoms with Gasteiger partial charge < -0.3 is 9.30 Å². The molecule has 0 unspecified atom stereocenters. The SMILES string of the molecule is CC(=O)c1cn(CC(=O)OC(C)C)c2ccccc12. The summed E-state index contributed by atoms with van der Waals surface area (Å²) < 4.78 is 6.89. The Labute approximate surface area is 112 Å². The van der Waals surface area contributed by atoms with Crippen LogP contribution in [0, 0.1) is 0 Å². The highest BCUT2D eigenvalue weighted by Crippen LogP contribution is 2.21. The first-order chi connectivity index (χ1) is 8.99. The third-order valence-corrected chi connectivity index (χ3v) is 2.83. The number of aromatic nitrogens is 1. The van der Waals surface area contributed by atoms with Gasteiger partial charge in [0.1, 0.15) is 6.54 Å². The summed E-state index contributed by atoms with van der Waals surface area (Å²) in [5.74, 6) is -0.307. The lowest BCUT2D eigenvalue weighted by Gasteiger charge is -2.09. The molecule has 0 radical (unpaired) electrons. The van der Waals surface area contributed by atoms with Crippen LogP contribution in [-0.2, 0) is 16.1 Å². The number of ether oxygens (including phenoxy) is 1. The van der Waals surface area contributed by atoms with Gasteiger partial charge >= 0.3 is 5.97 Å². The molecule has 19 heavy (non-hydrogen) atoms. The molecule has 100 valence electrons. The first kappa shape index (κ1) is 13.3. The molecule has 0 saturated heterocycles. The molecule has 2 aromatic rings. The van der Waals surface area contributed by atoms with E-state index in [2.05, 4.69) is 0 Å². The maximum Gasteiger partial charge on any atom is 0.326 e. The number of Topliss-reactive ketones (excluding diaryl/α,β-unsaturated/α-hetero) is 1. The fourth-order valence-corrected chi connectivity index (χ4v) is 2.10. The van der Waals surface area contributed by atoms with E-state index >= 15 is 0 Å². The zero-order valence-corrected chi connectivity index (χ0v) is 11.3. The number of ketones is 1. The Balaban J connectivity index is 2.38. The van der Waals surface area contributed by atoms with Crippen LogP contribution in [0.3, 0.4) is 0 Å². The van der Waals surface area contributed by atoms with E-state index in [1.165, 1.54) is 6.92 Å². The number of esters is 1. The molecular weight excluding hydrogens is 242 g/mol. The van der Waals surface area contributed by atoms with Crippen LogP contribution in [0.1, 0.15) is 31.1 Å². The summed E-state index contributed by atoms with van der Waals surface area (Å²) in [4.78, 5) is 23.3. The Kier molecular flexibility index (Phi) is 3.69. The largest absolute Gasteiger partial charge is 0.462 e. The fourth-order valence-electron chi connectivity index (χ4n) is 2.10. The Bertz CT molecular complexity index is 625. The van der Waals surface area contributed by atoms with Crippen molar-refractivity contribution < 1.29 is 14.3 Å². The normalized spacial score (nSPS) is 10.9. The monoisotopic (exact) mass is 259 g/mol. The van der Waals surface area contributed by atoms with Crippen molar-refractivity contribution in [2.24, 2.45) is 0 Å². The van der Waals surface area contributed by atoms with Gasteiger partial charge in [-0.05, 0) is 26.8 Å². The average molecular weight is 259 g/mol. The molecule has 4 nitrogen and oxygen atoms in total. The third kappa shape index (κ3) is 2.84. The molecule has 0 spiro atoms. The Morgan fingerprint density at radius 3 is 2.58 bits per heavy atom. The number of rotatable bonds is 4. The van der Waals surface area contributed by atoms with Crippen molar-refractivity contribution >= 4 is 22.7 Å². The zero-order valence-electron chi connectivity index (χ0n) is 11.3. The number of hydrogen-bond acceptors (Lipinski definition) is 3. The number of hydrogen-bond donors (Lipinski definition) is 0. The van der Waals surface area contributed by atoms with E-state index in [-0.39, 0.29) is 24.4 Å². The van der Waals surface area contributed by atoms with Gasteiger partial charge in [0.25, 0.3) is 0 Å². The van der Waals surface area contributed by atoms with Crippen molar-refractivity contribution in [3.05, 3.63) is 36.0 Å². The molecule has 0 fully saturated rings. The second-order valence-corrected chi connectivity index (χ2v) is 4.78. The van der Waals surface area contributed by atoms with Gasteiger partial charge in [-0.3, -0.25) is 9.59 Å². The molecule has 0 atom stereocenters. The van der Waals surface area contributed by atoms with Crippen LogP contribution >= 0.6 is 0 Å². The van der Waals surface area contributed by atoms with Crippen LogP contribution in [-0.4, -0.2) is 22.4 Å². The fraction of sp³-hybridized carbons (Fsp3) is 0.333. The minimum Gasteiger partial charge on any atom is -0.462 e. The summed E-state index contributed by atoms with van der Waals surface area (Å²) in [5.41, 5.74) is 1.50. The third-order valence-electron chi connectivity index (χ3n) is 2.83. The van der Waals surface area contributed by atoms with Gasteiger partial charge in [-0.1, -0.05) is 18.2 Å². The van der Waals surface area contributed by atoms with E-state index in [4.69, 9.17) is 4.74 Å². The molecule has 0 aliphatic rings. The van der Waals surface area contributed by atoms with Gasteiger partial charge in [0, 0.05) is 22.7 Å². The van der Waals surface area contributed by atoms with Gasteiger partial charge in [-0.15, -0.1) is 0 Å². The molecule has 0 bridgehead atoms. The van der Waals surface area contributed by atoms with Crippen molar-refractivity contribution in [1.82, 2.24) is 4.57 Å². The molecule has 2 rings (SSSR count). The van der Waals surface area contributed by atoms with Crippen molar-refractivity contribution in [2.75, 3.05) is 0 Å². The molecule has 1 aromatic heterocycles. The number of nitrogens with zero attached hydrogens (tertiary/aromatic N) is 1. The van der Waals surface area contributed by atoms with Crippen molar-refractivity contribution in [2.45, 2.75) is 33.4 Å². The lowest BCUT2D eigenvalue weighted by molar-refractivity contribution is -0.148. The number of fused-ring (bicyclic) bond motifs is 1. The molecule has 1 heterocycles. The number of carbonyl (C=O) groups is 2. The van der Waals surface area contributed by atoms with E-state index in [9.17, 15) is 9.59 Å². The summed E-state index contributed by atoms with van der Waals surface area (Å²) in [6.07, 6.45) is 1.58. The number of benzene rings is 1. The Morgan fingerprint density at radius 1 is 1.26 bits per heavy atom. The quantitative estimate of drug-likeness (QED) is 0.626. The highest BCUT2D eigenvalue weighted by Gasteiger charge is 2.14. The average Bonchev–Trinajstić information content (AvgIpc) is 2.67. The van der Waals surface area contributed by atoms with Crippen molar-refractivity contribution in [1.29, 1.82) is 0 Å². The predicted octanol–water partition coefficient (Wildman–Crippen LogP) is 2.80. The predicted molar refractivity (Wildman–Crippen MR) is 73.2 cm³/mol. The maximum absolute atomic E-state index is 11.7. The molecule has 0 aliphatic heterocycles. The van der Waals surface area contributed by atoms with E-state index in [0.29, 0.717) is 5.56 Å². The Morgan fingerprint density at radius 2 is 1.95 bits per heavy atom. The van der Waals surface area contributed by atoms with Crippen LogP contribution in [0.5, 0.6) is 0 Å². The molecule has 1 aromatic carbocycles. The van der Waals surface area contributed by atoms with Gasteiger partial charge in [-0.2, -0.15) is 0 Å². The van der Waals surface area contributed by atoms with Crippen LogP contribution in [0.15, 0.2) is 30.5 Å². The first-order valence-electron chi connectivity index (χ1n) is 6.27. The second-order valence-electron chi connectivity index (χ2n) is 4.78. The number of carbonyl (C=O) groups excluding carboxylic acids is 2. The van der Waals surface area contributed by atoms with Crippen LogP contribution < -0.4 is 0 Å². The van der Waals surface area contributed by atoms with E-state index < -0.39 is 0 Å². The van der Waals surface area contributed by atoms with Crippen LogP contribution in [0.4, 0.5) is 0 Å². The highest BCUT2D eigenvalue weighted by atomic mass is 16.5. The standard InChI is InChI=1S/C15H17NO3/c1-10(2)19-15(18)9-16-8-13(11(3)17)12-6-4-5-7-14(12)16/h4-8,10H,9H2,1-3H3. The van der Waals surface area contributed by atoms with Gasteiger partial charge in [-0.25, -0.2) is 0 Å². The lowest BCUT2D eigenvalue weighted by Crippen LogP contribution is -2.17. The van der Waals surface area contributed by atoms with Gasteiger partial charge in [0.15, 0.2) is 5.78 Å². The smallest absolute Gasteiger partial charge is 0.326 e. The van der Waals surface area contributed by atoms with Gasteiger partial charge in [0.2, 0.25) is 0 Å². The van der Waals surface area contributed by atoms with Crippen LogP contribution in [0.25, 0.3) is 10.9 Å². The summed E-state index contributed by atoms with van der Waals surface area (Å²) in [7, 11) is 0. The van der Waals surface area contributed by atoms with E-state index in [1.807, 2.05) is 38.1 Å². The lowest BCUT2D eigenvalue weighted by atomic mass is 10.1. The zero-order chi connectivity index (χ0) is 14.0. The van der Waals surface area contributed by atoms with Crippen molar-refractivity contribution in [3.8, 4) is 0 Å². The molecular formula is C15H17NO3. The first-order valence-corrected chi connectivity index (χ1v) is 6.27. The molecule has 4 heteroatoms. The summed E-state index contributed by atoms with van der Waals surface area (Å²) >= 11 is 0. The molecule has 0 aliphatic carbocycles. The van der Waals surface area contributed by atoms with Crippen molar-refractivity contribution in [3.63, 3.8) is 0 Å². The van der Waals surface area contributed by atoms with Gasteiger partial charge in [0.05, 0.1) is 6.10 Å². The van der Waals surface area contributed by atoms with Crippen LogP contribution in [0.2, 0.25) is 0 Å². The number of para-hydroxylation sites is 1. The summed E-state index contributed by atoms with van der Waals surface area (Å²) in [6, 6.07) is 7.54. The minimum absolute atomic E-state index is 0.00724. The topological polar surface area (TPSA) is 48.3 Å². The second kappa shape index (κ2) is 5.26. The maximum atomic E-state index is 11.7. The highest BCUT2D eigenvalue weighted by molar-refractivity contribution is 6.07. The summed E-state index contributed by atoms with van der Waals surface area (Å²) in [6.45, 7) is 5.27. The van der Waals surface area contributed by atoms with E-state index in [1.54, 1.807) is 10.8 Å². The molecule has 0 saturated carbocycles. The molecule has 0 amide bonds. The van der Waals surface area contributed by atoms with E-state index in [0.717, 1.165) is 10.9 Å².